The van der Waals surface area contributed by atoms with Crippen LogP contribution in [0.1, 0.15) is 46.0 Å². The highest BCUT2D eigenvalue weighted by Crippen LogP contribution is 2.34. The molecule has 140 valence electrons. The van der Waals surface area contributed by atoms with Crippen molar-refractivity contribution in [2.24, 2.45) is 0 Å². The summed E-state index contributed by atoms with van der Waals surface area (Å²) in [7, 11) is 1.62. The second kappa shape index (κ2) is 9.41. The molecule has 1 fully saturated rings. The number of methoxy groups -OCH3 is 1. The molecule has 2 rings (SSSR count). The molecule has 1 atom stereocenters. The Balaban J connectivity index is 2.06. The maximum absolute atomic E-state index is 12.8. The Morgan fingerprint density at radius 1 is 1.32 bits per heavy atom. The monoisotopic (exact) mass is 369 g/mol. The molecule has 0 radical (unpaired) electrons. The zero-order valence-electron chi connectivity index (χ0n) is 15.3. The van der Waals surface area contributed by atoms with E-state index in [9.17, 15) is 4.79 Å². The summed E-state index contributed by atoms with van der Waals surface area (Å²) in [5.74, 6) is 0.480. The normalized spacial score (nSPS) is 17.8. The summed E-state index contributed by atoms with van der Waals surface area (Å²) in [6.07, 6.45) is 4.59. The molecule has 1 aliphatic rings. The molecule has 0 aromatic heterocycles. The Morgan fingerprint density at radius 3 is 2.64 bits per heavy atom. The van der Waals surface area contributed by atoms with Crippen LogP contribution in [0.15, 0.2) is 18.2 Å². The molecule has 1 aliphatic carbocycles. The first kappa shape index (κ1) is 20.0. The van der Waals surface area contributed by atoms with Gasteiger partial charge in [0.1, 0.15) is 17.5 Å². The van der Waals surface area contributed by atoms with E-state index in [0.717, 1.165) is 32.1 Å². The third kappa shape index (κ3) is 5.33. The van der Waals surface area contributed by atoms with Crippen molar-refractivity contribution >= 4 is 23.2 Å². The molecule has 0 heterocycles. The first-order valence-electron chi connectivity index (χ1n) is 8.91. The average molecular weight is 370 g/mol. The van der Waals surface area contributed by atoms with Gasteiger partial charge >= 0.3 is 0 Å². The number of rotatable bonds is 8. The highest BCUT2D eigenvalue weighted by Gasteiger charge is 2.40. The second-order valence-electron chi connectivity index (χ2n) is 6.47. The molecular formula is C19H28ClNO4. The predicted molar refractivity (Wildman–Crippen MR) is 99.5 cm³/mol. The van der Waals surface area contributed by atoms with E-state index in [1.807, 2.05) is 13.8 Å². The SMILES string of the molecule is CCOC1(C(=O)Nc2ccc(OC(C)COC)c(Cl)c2)CCCCC1. The van der Waals surface area contributed by atoms with Crippen molar-refractivity contribution in [1.82, 2.24) is 0 Å². The standard InChI is InChI=1S/C19H28ClNO4/c1-4-24-19(10-6-5-7-11-19)18(22)21-15-8-9-17(16(20)12-15)25-14(2)13-23-3/h8-9,12,14H,4-7,10-11,13H2,1-3H3,(H,21,22). The number of halogens is 1. The number of carbonyl (C=O) groups excluding carboxylic acids is 1. The number of hydrogen-bond acceptors (Lipinski definition) is 4. The summed E-state index contributed by atoms with van der Waals surface area (Å²) in [5, 5.41) is 3.41. The number of benzene rings is 1. The zero-order valence-corrected chi connectivity index (χ0v) is 16.0. The average Bonchev–Trinajstić information content (AvgIpc) is 2.58. The molecule has 25 heavy (non-hydrogen) atoms. The maximum atomic E-state index is 12.8. The van der Waals surface area contributed by atoms with Gasteiger partial charge in [-0.1, -0.05) is 30.9 Å². The van der Waals surface area contributed by atoms with Crippen LogP contribution in [0.4, 0.5) is 5.69 Å². The summed E-state index contributed by atoms with van der Waals surface area (Å²) in [4.78, 5) is 12.8. The third-order valence-electron chi connectivity index (χ3n) is 4.41. The van der Waals surface area contributed by atoms with Crippen molar-refractivity contribution in [2.45, 2.75) is 57.7 Å². The van der Waals surface area contributed by atoms with Crippen molar-refractivity contribution in [3.05, 3.63) is 23.2 Å². The Morgan fingerprint density at radius 2 is 2.04 bits per heavy atom. The van der Waals surface area contributed by atoms with Crippen molar-refractivity contribution in [3.8, 4) is 5.75 Å². The van der Waals surface area contributed by atoms with Crippen LogP contribution in [0, 0.1) is 0 Å². The smallest absolute Gasteiger partial charge is 0.256 e. The van der Waals surface area contributed by atoms with Crippen LogP contribution >= 0.6 is 11.6 Å². The Hall–Kier alpha value is -1.30. The molecule has 0 saturated heterocycles. The predicted octanol–water partition coefficient (Wildman–Crippen LogP) is 4.43. The van der Waals surface area contributed by atoms with Crippen LogP contribution in [-0.4, -0.2) is 37.9 Å². The molecular weight excluding hydrogens is 342 g/mol. The molecule has 1 unspecified atom stereocenters. The molecule has 1 N–H and O–H groups in total. The molecule has 5 nitrogen and oxygen atoms in total. The van der Waals surface area contributed by atoms with Gasteiger partial charge in [-0.2, -0.15) is 0 Å². The van der Waals surface area contributed by atoms with E-state index in [4.69, 9.17) is 25.8 Å². The van der Waals surface area contributed by atoms with Gasteiger partial charge in [0.25, 0.3) is 5.91 Å². The summed E-state index contributed by atoms with van der Waals surface area (Å²) in [5.41, 5.74) is -0.0758. The fourth-order valence-electron chi connectivity index (χ4n) is 3.24. The van der Waals surface area contributed by atoms with Gasteiger partial charge in [0.15, 0.2) is 0 Å². The van der Waals surface area contributed by atoms with E-state index in [0.29, 0.717) is 29.7 Å². The van der Waals surface area contributed by atoms with Crippen LogP contribution in [0.2, 0.25) is 5.02 Å². The molecule has 6 heteroatoms. The molecule has 0 bridgehead atoms. The lowest BCUT2D eigenvalue weighted by atomic mass is 9.83. The van der Waals surface area contributed by atoms with Crippen LogP contribution in [0.5, 0.6) is 5.75 Å². The molecule has 1 aromatic rings. The van der Waals surface area contributed by atoms with E-state index in [1.54, 1.807) is 25.3 Å². The van der Waals surface area contributed by atoms with Gasteiger partial charge in [0.2, 0.25) is 0 Å². The topological polar surface area (TPSA) is 56.8 Å². The lowest BCUT2D eigenvalue weighted by molar-refractivity contribution is -0.145. The van der Waals surface area contributed by atoms with Crippen LogP contribution in [-0.2, 0) is 14.3 Å². The van der Waals surface area contributed by atoms with Crippen molar-refractivity contribution in [3.63, 3.8) is 0 Å². The van der Waals surface area contributed by atoms with Crippen molar-refractivity contribution in [1.29, 1.82) is 0 Å². The van der Waals surface area contributed by atoms with Crippen LogP contribution in [0.25, 0.3) is 0 Å². The highest BCUT2D eigenvalue weighted by atomic mass is 35.5. The number of amides is 1. The minimum absolute atomic E-state index is 0.0912. The maximum Gasteiger partial charge on any atom is 0.256 e. The number of anilines is 1. The first-order chi connectivity index (χ1) is 12.0. The van der Waals surface area contributed by atoms with Gasteiger partial charge < -0.3 is 19.5 Å². The largest absolute Gasteiger partial charge is 0.487 e. The molecule has 1 saturated carbocycles. The highest BCUT2D eigenvalue weighted by molar-refractivity contribution is 6.32. The number of nitrogens with one attached hydrogen (secondary N) is 1. The van der Waals surface area contributed by atoms with E-state index < -0.39 is 5.60 Å². The third-order valence-corrected chi connectivity index (χ3v) is 4.71. The Bertz CT molecular complexity index is 567. The number of ether oxygens (including phenoxy) is 3. The summed E-state index contributed by atoms with van der Waals surface area (Å²) in [6, 6.07) is 5.26. The van der Waals surface area contributed by atoms with E-state index >= 15 is 0 Å². The van der Waals surface area contributed by atoms with Gasteiger partial charge in [-0.25, -0.2) is 0 Å². The van der Waals surface area contributed by atoms with Gasteiger partial charge in [0.05, 0.1) is 11.6 Å². The number of carbonyl (C=O) groups is 1. The quantitative estimate of drug-likeness (QED) is 0.736. The first-order valence-corrected chi connectivity index (χ1v) is 9.29. The van der Waals surface area contributed by atoms with E-state index in [-0.39, 0.29) is 12.0 Å². The van der Waals surface area contributed by atoms with Crippen LogP contribution in [0.3, 0.4) is 0 Å². The van der Waals surface area contributed by atoms with Crippen molar-refractivity contribution < 1.29 is 19.0 Å². The lowest BCUT2D eigenvalue weighted by Crippen LogP contribution is -2.47. The minimum atomic E-state index is -0.721. The van der Waals surface area contributed by atoms with E-state index in [2.05, 4.69) is 5.32 Å². The lowest BCUT2D eigenvalue weighted by Gasteiger charge is -2.35. The van der Waals surface area contributed by atoms with Gasteiger partial charge in [-0.05, 0) is 44.9 Å². The fourth-order valence-corrected chi connectivity index (χ4v) is 3.47. The molecule has 1 amide bonds. The molecule has 0 spiro atoms. The Kier molecular flexibility index (Phi) is 7.54. The Labute approximate surface area is 155 Å². The van der Waals surface area contributed by atoms with Gasteiger partial charge in [-0.15, -0.1) is 0 Å². The van der Waals surface area contributed by atoms with E-state index in [1.165, 1.54) is 0 Å². The summed E-state index contributed by atoms with van der Waals surface area (Å²) in [6.45, 7) is 4.84. The fraction of sp³-hybridized carbons (Fsp3) is 0.632. The zero-order chi connectivity index (χ0) is 18.3. The molecule has 1 aromatic carbocycles. The molecule has 0 aliphatic heterocycles. The minimum Gasteiger partial charge on any atom is -0.487 e. The van der Waals surface area contributed by atoms with Crippen molar-refractivity contribution in [2.75, 3.05) is 25.6 Å². The number of hydrogen-bond donors (Lipinski definition) is 1. The summed E-state index contributed by atoms with van der Waals surface area (Å²) >= 11 is 6.29. The second-order valence-corrected chi connectivity index (χ2v) is 6.88. The van der Waals surface area contributed by atoms with Crippen LogP contribution < -0.4 is 10.1 Å². The van der Waals surface area contributed by atoms with Gasteiger partial charge in [-0.3, -0.25) is 4.79 Å². The van der Waals surface area contributed by atoms with Gasteiger partial charge in [0, 0.05) is 19.4 Å². The summed E-state index contributed by atoms with van der Waals surface area (Å²) < 4.78 is 16.6.